The molecular formula is C16H20N2O3S. The van der Waals surface area contributed by atoms with Crippen LogP contribution >= 0.6 is 11.3 Å². The van der Waals surface area contributed by atoms with Crippen LogP contribution in [0.15, 0.2) is 23.6 Å². The molecule has 22 heavy (non-hydrogen) atoms. The normalized spacial score (nSPS) is 10.5. The van der Waals surface area contributed by atoms with E-state index in [4.69, 9.17) is 15.2 Å². The lowest BCUT2D eigenvalue weighted by Gasteiger charge is -2.08. The average molecular weight is 320 g/mol. The van der Waals surface area contributed by atoms with Crippen molar-refractivity contribution >= 4 is 23.0 Å². The second-order valence-corrected chi connectivity index (χ2v) is 5.64. The van der Waals surface area contributed by atoms with Crippen LogP contribution in [0.1, 0.15) is 30.1 Å². The van der Waals surface area contributed by atoms with Crippen LogP contribution in [-0.4, -0.2) is 24.2 Å². The molecule has 5 nitrogen and oxygen atoms in total. The predicted octanol–water partition coefficient (Wildman–Crippen LogP) is 2.82. The first-order valence-electron chi connectivity index (χ1n) is 7.22. The molecule has 1 aromatic heterocycles. The number of hydrogen-bond acceptors (Lipinski definition) is 6. The average Bonchev–Trinajstić information content (AvgIpc) is 2.89. The molecule has 2 rings (SSSR count). The zero-order chi connectivity index (χ0) is 15.9. The quantitative estimate of drug-likeness (QED) is 0.627. The molecule has 0 saturated heterocycles. The van der Waals surface area contributed by atoms with Gasteiger partial charge in [0.05, 0.1) is 36.0 Å². The van der Waals surface area contributed by atoms with Gasteiger partial charge in [0.25, 0.3) is 0 Å². The molecule has 0 unspecified atom stereocenters. The highest BCUT2D eigenvalue weighted by Gasteiger charge is 2.09. The third-order valence-corrected chi connectivity index (χ3v) is 3.86. The number of nitrogens with two attached hydrogens (primary N) is 1. The van der Waals surface area contributed by atoms with Crippen molar-refractivity contribution in [1.82, 2.24) is 4.98 Å². The predicted molar refractivity (Wildman–Crippen MR) is 87.3 cm³/mol. The van der Waals surface area contributed by atoms with Crippen LogP contribution in [0.5, 0.6) is 5.75 Å². The Bertz CT molecular complexity index is 640. The topological polar surface area (TPSA) is 74.4 Å². The lowest BCUT2D eigenvalue weighted by Crippen LogP contribution is -2.07. The summed E-state index contributed by atoms with van der Waals surface area (Å²) < 4.78 is 10.3. The molecule has 0 atom stereocenters. The molecule has 0 aliphatic carbocycles. The van der Waals surface area contributed by atoms with Crippen molar-refractivity contribution in [3.05, 3.63) is 39.8 Å². The minimum atomic E-state index is -0.246. The van der Waals surface area contributed by atoms with Crippen LogP contribution in [0.25, 0.3) is 0 Å². The van der Waals surface area contributed by atoms with Crippen molar-refractivity contribution in [3.8, 4) is 5.75 Å². The number of hydrogen-bond donors (Lipinski definition) is 1. The number of benzene rings is 1. The van der Waals surface area contributed by atoms with Crippen LogP contribution in [-0.2, 0) is 22.4 Å². The number of aromatic nitrogens is 1. The fourth-order valence-electron chi connectivity index (χ4n) is 2.04. The van der Waals surface area contributed by atoms with Crippen molar-refractivity contribution in [2.45, 2.75) is 26.7 Å². The summed E-state index contributed by atoms with van der Waals surface area (Å²) in [4.78, 5) is 15.9. The van der Waals surface area contributed by atoms with Gasteiger partial charge in [0.2, 0.25) is 0 Å². The first-order valence-corrected chi connectivity index (χ1v) is 8.10. The van der Waals surface area contributed by atoms with Gasteiger partial charge in [-0.2, -0.15) is 0 Å². The zero-order valence-corrected chi connectivity index (χ0v) is 13.6. The van der Waals surface area contributed by atoms with Gasteiger partial charge in [-0.05, 0) is 31.5 Å². The molecule has 0 aliphatic heterocycles. The van der Waals surface area contributed by atoms with Gasteiger partial charge in [-0.1, -0.05) is 6.07 Å². The van der Waals surface area contributed by atoms with E-state index in [1.54, 1.807) is 6.92 Å². The summed E-state index contributed by atoms with van der Waals surface area (Å²) in [5.41, 5.74) is 8.40. The number of esters is 1. The maximum absolute atomic E-state index is 11.4. The molecule has 6 heteroatoms. The number of thiazole rings is 1. The van der Waals surface area contributed by atoms with Crippen molar-refractivity contribution in [1.29, 1.82) is 0 Å². The first-order chi connectivity index (χ1) is 10.6. The van der Waals surface area contributed by atoms with E-state index in [0.717, 1.165) is 16.3 Å². The Morgan fingerprint density at radius 1 is 1.32 bits per heavy atom. The lowest BCUT2D eigenvalue weighted by atomic mass is 10.1. The van der Waals surface area contributed by atoms with Gasteiger partial charge in [-0.3, -0.25) is 4.79 Å². The minimum absolute atomic E-state index is 0.218. The summed E-state index contributed by atoms with van der Waals surface area (Å²) in [5, 5.41) is 2.84. The monoisotopic (exact) mass is 320 g/mol. The first kappa shape index (κ1) is 16.3. The Morgan fingerprint density at radius 3 is 2.82 bits per heavy atom. The summed E-state index contributed by atoms with van der Waals surface area (Å²) in [7, 11) is 0. The van der Waals surface area contributed by atoms with E-state index < -0.39 is 0 Å². The van der Waals surface area contributed by atoms with E-state index in [2.05, 4.69) is 4.98 Å². The lowest BCUT2D eigenvalue weighted by molar-refractivity contribution is -0.142. The summed E-state index contributed by atoms with van der Waals surface area (Å²) in [6.07, 6.45) is 0.903. The molecule has 2 aromatic rings. The van der Waals surface area contributed by atoms with E-state index in [1.807, 2.05) is 30.5 Å². The van der Waals surface area contributed by atoms with E-state index in [9.17, 15) is 4.79 Å². The molecule has 2 N–H and O–H groups in total. The van der Waals surface area contributed by atoms with Gasteiger partial charge in [-0.25, -0.2) is 4.98 Å². The van der Waals surface area contributed by atoms with Crippen molar-refractivity contribution in [3.63, 3.8) is 0 Å². The second-order valence-electron chi connectivity index (χ2n) is 4.70. The summed E-state index contributed by atoms with van der Waals surface area (Å²) in [6.45, 7) is 4.70. The van der Waals surface area contributed by atoms with Gasteiger partial charge in [0.15, 0.2) is 0 Å². The minimum Gasteiger partial charge on any atom is -0.492 e. The van der Waals surface area contributed by atoms with Gasteiger partial charge in [-0.15, -0.1) is 11.3 Å². The second kappa shape index (κ2) is 7.79. The number of rotatable bonds is 7. The highest BCUT2D eigenvalue weighted by Crippen LogP contribution is 2.24. The third kappa shape index (κ3) is 4.46. The van der Waals surface area contributed by atoms with Gasteiger partial charge in [0, 0.05) is 11.8 Å². The zero-order valence-electron chi connectivity index (χ0n) is 12.8. The number of nitrogen functional groups attached to an aromatic ring is 1. The van der Waals surface area contributed by atoms with Crippen LogP contribution in [0.3, 0.4) is 0 Å². The fraction of sp³-hybridized carbons (Fsp3) is 0.375. The highest BCUT2D eigenvalue weighted by molar-refractivity contribution is 7.09. The Balaban J connectivity index is 2.00. The highest BCUT2D eigenvalue weighted by atomic mass is 32.1. The maximum atomic E-state index is 11.4. The fourth-order valence-corrected chi connectivity index (χ4v) is 2.87. The van der Waals surface area contributed by atoms with Crippen molar-refractivity contribution in [2.75, 3.05) is 18.9 Å². The molecular weight excluding hydrogens is 300 g/mol. The van der Waals surface area contributed by atoms with Gasteiger partial charge in [0.1, 0.15) is 5.75 Å². The van der Waals surface area contributed by atoms with Gasteiger partial charge >= 0.3 is 5.97 Å². The van der Waals surface area contributed by atoms with Crippen LogP contribution < -0.4 is 10.5 Å². The van der Waals surface area contributed by atoms with Crippen LogP contribution in [0.4, 0.5) is 5.69 Å². The largest absolute Gasteiger partial charge is 0.492 e. The molecule has 0 spiro atoms. The van der Waals surface area contributed by atoms with Crippen LogP contribution in [0.2, 0.25) is 0 Å². The van der Waals surface area contributed by atoms with Crippen molar-refractivity contribution in [2.24, 2.45) is 0 Å². The van der Waals surface area contributed by atoms with Gasteiger partial charge < -0.3 is 15.2 Å². The molecule has 0 radical (unpaired) electrons. The molecule has 0 aliphatic rings. The van der Waals surface area contributed by atoms with Crippen molar-refractivity contribution < 1.29 is 14.3 Å². The molecule has 0 fully saturated rings. The molecule has 0 amide bonds. The SMILES string of the molecule is CCOC(=O)Cc1csc(Cc2ccc(OCC)c(N)c2)n1. The third-order valence-electron chi connectivity index (χ3n) is 2.96. The maximum Gasteiger partial charge on any atom is 0.311 e. The van der Waals surface area contributed by atoms with E-state index >= 15 is 0 Å². The standard InChI is InChI=1S/C16H20N2O3S/c1-3-20-14-6-5-11(7-13(14)17)8-15-18-12(10-22-15)9-16(19)21-4-2/h5-7,10H,3-4,8-9,17H2,1-2H3. The molecule has 1 heterocycles. The number of anilines is 1. The Kier molecular flexibility index (Phi) is 5.77. The Labute approximate surface area is 134 Å². The molecule has 1 aromatic carbocycles. The van der Waals surface area contributed by atoms with E-state index in [-0.39, 0.29) is 12.4 Å². The Hall–Kier alpha value is -2.08. The number of ether oxygens (including phenoxy) is 2. The van der Waals surface area contributed by atoms with E-state index in [0.29, 0.717) is 31.1 Å². The number of carbonyl (C=O) groups excluding carboxylic acids is 1. The summed E-state index contributed by atoms with van der Waals surface area (Å²) >= 11 is 1.53. The smallest absolute Gasteiger partial charge is 0.311 e. The summed E-state index contributed by atoms with van der Waals surface area (Å²) in [6, 6.07) is 5.76. The van der Waals surface area contributed by atoms with E-state index in [1.165, 1.54) is 11.3 Å². The number of carbonyl (C=O) groups is 1. The molecule has 0 bridgehead atoms. The molecule has 0 saturated carbocycles. The summed E-state index contributed by atoms with van der Waals surface area (Å²) in [5.74, 6) is 0.457. The van der Waals surface area contributed by atoms with Crippen LogP contribution in [0, 0.1) is 0 Å². The molecule has 118 valence electrons. The number of nitrogens with zero attached hydrogens (tertiary/aromatic N) is 1. The Morgan fingerprint density at radius 2 is 2.14 bits per heavy atom.